The quantitative estimate of drug-likeness (QED) is 0.388. The number of hydrogen-bond acceptors (Lipinski definition) is 2. The summed E-state index contributed by atoms with van der Waals surface area (Å²) in [7, 11) is 0.0730. The molecule has 2 atom stereocenters. The largest absolute Gasteiger partial charge is 0.356 e. The minimum atomic E-state index is -1.64. The van der Waals surface area contributed by atoms with E-state index in [0.29, 0.717) is 5.73 Å². The maximum atomic E-state index is 6.20. The van der Waals surface area contributed by atoms with Crippen molar-refractivity contribution in [1.82, 2.24) is 0 Å². The molecule has 0 unspecified atom stereocenters. The van der Waals surface area contributed by atoms with Crippen LogP contribution in [0.3, 0.4) is 0 Å². The Kier molecular flexibility index (Phi) is 7.49. The minimum Gasteiger partial charge on any atom is -0.356 e. The molecule has 0 saturated heterocycles. The summed E-state index contributed by atoms with van der Waals surface area (Å²) in [5, 5.41) is 1.46. The van der Waals surface area contributed by atoms with Crippen LogP contribution in [0.25, 0.3) is 0 Å². The van der Waals surface area contributed by atoms with Crippen molar-refractivity contribution in [3.63, 3.8) is 0 Å². The topological polar surface area (TPSA) is 18.5 Å². The Balaban J connectivity index is 2.83. The van der Waals surface area contributed by atoms with Crippen molar-refractivity contribution in [2.75, 3.05) is 7.11 Å². The second-order valence-electron chi connectivity index (χ2n) is 6.01. The van der Waals surface area contributed by atoms with Gasteiger partial charge in [0.15, 0.2) is 6.29 Å². The van der Waals surface area contributed by atoms with E-state index in [9.17, 15) is 0 Å². The van der Waals surface area contributed by atoms with E-state index in [4.69, 9.17) is 9.47 Å². The third kappa shape index (κ3) is 5.04. The molecule has 114 valence electrons. The zero-order valence-electron chi connectivity index (χ0n) is 13.7. The van der Waals surface area contributed by atoms with E-state index >= 15 is 0 Å². The van der Waals surface area contributed by atoms with Crippen LogP contribution in [0.2, 0.25) is 13.1 Å². The molecule has 2 nitrogen and oxygen atoms in total. The lowest BCUT2D eigenvalue weighted by Crippen LogP contribution is -2.54. The van der Waals surface area contributed by atoms with E-state index < -0.39 is 8.07 Å². The lowest BCUT2D eigenvalue weighted by Gasteiger charge is -2.34. The number of unbranched alkanes of at least 4 members (excludes halogenated alkanes) is 2. The molecule has 1 rings (SSSR count). The molecule has 0 bridgehead atoms. The molecule has 0 amide bonds. The first-order valence-corrected chi connectivity index (χ1v) is 10.8. The van der Waals surface area contributed by atoms with Crippen molar-refractivity contribution in [3.05, 3.63) is 30.3 Å². The molecular weight excluding hydrogens is 264 g/mol. The van der Waals surface area contributed by atoms with Crippen LogP contribution in [0, 0.1) is 0 Å². The third-order valence-corrected chi connectivity index (χ3v) is 7.94. The SMILES string of the molecule is CCCCC[C@@H](O[C@H](C)OC)[Si](C)(C)c1ccccc1. The van der Waals surface area contributed by atoms with Gasteiger partial charge in [-0.3, -0.25) is 0 Å². The number of methoxy groups -OCH3 is 1. The van der Waals surface area contributed by atoms with Crippen LogP contribution in [0.5, 0.6) is 0 Å². The Hall–Kier alpha value is -0.643. The van der Waals surface area contributed by atoms with Crippen LogP contribution in [0.1, 0.15) is 39.5 Å². The predicted molar refractivity (Wildman–Crippen MR) is 89.0 cm³/mol. The van der Waals surface area contributed by atoms with E-state index in [2.05, 4.69) is 50.3 Å². The first-order chi connectivity index (χ1) is 9.52. The fraction of sp³-hybridized carbons (Fsp3) is 0.647. The predicted octanol–water partition coefficient (Wildman–Crippen LogP) is 4.10. The summed E-state index contributed by atoms with van der Waals surface area (Å²) >= 11 is 0. The minimum absolute atomic E-state index is 0.128. The molecule has 1 aromatic carbocycles. The van der Waals surface area contributed by atoms with Crippen LogP contribution in [0.4, 0.5) is 0 Å². The average Bonchev–Trinajstić information content (AvgIpc) is 2.47. The zero-order valence-corrected chi connectivity index (χ0v) is 14.7. The molecular formula is C17H30O2Si. The van der Waals surface area contributed by atoms with Crippen LogP contribution >= 0.6 is 0 Å². The van der Waals surface area contributed by atoms with E-state index in [0.717, 1.165) is 6.42 Å². The van der Waals surface area contributed by atoms with Crippen LogP contribution in [0.15, 0.2) is 30.3 Å². The van der Waals surface area contributed by atoms with Gasteiger partial charge >= 0.3 is 0 Å². The molecule has 0 aliphatic heterocycles. The van der Waals surface area contributed by atoms with Gasteiger partial charge in [-0.2, -0.15) is 0 Å². The fourth-order valence-corrected chi connectivity index (χ4v) is 5.40. The van der Waals surface area contributed by atoms with Crippen molar-refractivity contribution in [3.8, 4) is 0 Å². The molecule has 1 aromatic rings. The van der Waals surface area contributed by atoms with Gasteiger partial charge in [0.1, 0.15) is 8.07 Å². The molecule has 0 heterocycles. The van der Waals surface area contributed by atoms with Gasteiger partial charge in [-0.15, -0.1) is 0 Å². The van der Waals surface area contributed by atoms with Gasteiger partial charge in [0.25, 0.3) is 0 Å². The first-order valence-electron chi connectivity index (χ1n) is 7.76. The molecule has 0 aliphatic carbocycles. The van der Waals surface area contributed by atoms with E-state index in [1.54, 1.807) is 7.11 Å². The lowest BCUT2D eigenvalue weighted by molar-refractivity contribution is -0.126. The smallest absolute Gasteiger partial charge is 0.154 e. The Morgan fingerprint density at radius 2 is 1.75 bits per heavy atom. The summed E-state index contributed by atoms with van der Waals surface area (Å²) in [6, 6.07) is 10.8. The third-order valence-electron chi connectivity index (χ3n) is 4.08. The Labute approximate surface area is 125 Å². The molecule has 0 aromatic heterocycles. The van der Waals surface area contributed by atoms with Crippen molar-refractivity contribution in [2.24, 2.45) is 0 Å². The Morgan fingerprint density at radius 3 is 2.30 bits per heavy atom. The average molecular weight is 295 g/mol. The van der Waals surface area contributed by atoms with Gasteiger partial charge < -0.3 is 9.47 Å². The van der Waals surface area contributed by atoms with Crippen LogP contribution < -0.4 is 5.19 Å². The second-order valence-corrected chi connectivity index (χ2v) is 10.7. The van der Waals surface area contributed by atoms with Crippen molar-refractivity contribution >= 4 is 13.3 Å². The van der Waals surface area contributed by atoms with Crippen molar-refractivity contribution < 1.29 is 9.47 Å². The molecule has 20 heavy (non-hydrogen) atoms. The summed E-state index contributed by atoms with van der Waals surface area (Å²) in [6.45, 7) is 9.04. The number of benzene rings is 1. The maximum Gasteiger partial charge on any atom is 0.154 e. The van der Waals surface area contributed by atoms with Gasteiger partial charge in [0, 0.05) is 7.11 Å². The van der Waals surface area contributed by atoms with Gasteiger partial charge in [-0.05, 0) is 13.3 Å². The molecule has 0 spiro atoms. The molecule has 0 saturated carbocycles. The molecule has 3 heteroatoms. The monoisotopic (exact) mass is 294 g/mol. The lowest BCUT2D eigenvalue weighted by atomic mass is 10.2. The summed E-state index contributed by atoms with van der Waals surface area (Å²) in [5.41, 5.74) is 0.311. The summed E-state index contributed by atoms with van der Waals surface area (Å²) in [6.07, 6.45) is 4.77. The van der Waals surface area contributed by atoms with Gasteiger partial charge in [0.05, 0.1) is 5.73 Å². The van der Waals surface area contributed by atoms with E-state index in [1.807, 2.05) is 6.92 Å². The Morgan fingerprint density at radius 1 is 1.10 bits per heavy atom. The van der Waals surface area contributed by atoms with Crippen LogP contribution in [-0.4, -0.2) is 27.2 Å². The van der Waals surface area contributed by atoms with Gasteiger partial charge in [-0.25, -0.2) is 0 Å². The highest BCUT2D eigenvalue weighted by Gasteiger charge is 2.35. The number of hydrogen-bond donors (Lipinski definition) is 0. The molecule has 0 aliphatic rings. The second kappa shape index (κ2) is 8.60. The fourth-order valence-electron chi connectivity index (χ4n) is 2.52. The van der Waals surface area contributed by atoms with Crippen molar-refractivity contribution in [2.45, 2.75) is 64.6 Å². The van der Waals surface area contributed by atoms with Crippen LogP contribution in [-0.2, 0) is 9.47 Å². The van der Waals surface area contributed by atoms with E-state index in [1.165, 1.54) is 24.4 Å². The molecule has 0 N–H and O–H groups in total. The molecule has 0 fully saturated rings. The zero-order chi connectivity index (χ0) is 15.0. The number of rotatable bonds is 9. The van der Waals surface area contributed by atoms with Crippen molar-refractivity contribution in [1.29, 1.82) is 0 Å². The van der Waals surface area contributed by atoms with E-state index in [-0.39, 0.29) is 6.29 Å². The summed E-state index contributed by atoms with van der Waals surface area (Å²) in [4.78, 5) is 0. The highest BCUT2D eigenvalue weighted by molar-refractivity contribution is 6.90. The first kappa shape index (κ1) is 17.4. The highest BCUT2D eigenvalue weighted by Crippen LogP contribution is 2.20. The van der Waals surface area contributed by atoms with Gasteiger partial charge in [-0.1, -0.05) is 74.8 Å². The summed E-state index contributed by atoms with van der Waals surface area (Å²) < 4.78 is 11.5. The normalized spacial score (nSPS) is 15.1. The highest BCUT2D eigenvalue weighted by atomic mass is 28.3. The molecule has 0 radical (unpaired) electrons. The summed E-state index contributed by atoms with van der Waals surface area (Å²) in [5.74, 6) is 0. The van der Waals surface area contributed by atoms with Gasteiger partial charge in [0.2, 0.25) is 0 Å². The Bertz CT molecular complexity index is 365. The standard InChI is InChI=1S/C17H30O2Si/c1-6-7-9-14-17(19-15(2)18-3)20(4,5)16-12-10-8-11-13-16/h8,10-13,15,17H,6-7,9,14H2,1-5H3/t15-,17+/m1/s1. The maximum absolute atomic E-state index is 6.20. The number of ether oxygens (including phenoxy) is 2.